The molecule has 1 aliphatic carbocycles. The molecule has 0 bridgehead atoms. The number of aromatic nitrogens is 1. The van der Waals surface area contributed by atoms with Crippen LogP contribution in [0.15, 0.2) is 23.3 Å². The predicted molar refractivity (Wildman–Crippen MR) is 64.4 cm³/mol. The van der Waals surface area contributed by atoms with Crippen molar-refractivity contribution >= 4 is 6.21 Å². The summed E-state index contributed by atoms with van der Waals surface area (Å²) in [6.07, 6.45) is 10.8. The van der Waals surface area contributed by atoms with Crippen molar-refractivity contribution in [3.8, 4) is 0 Å². The molecule has 1 N–H and O–H groups in total. The molecule has 1 atom stereocenters. The van der Waals surface area contributed by atoms with Gasteiger partial charge in [-0.05, 0) is 37.8 Å². The normalized spacial score (nSPS) is 20.9. The van der Waals surface area contributed by atoms with Crippen molar-refractivity contribution in [3.05, 3.63) is 24.0 Å². The standard InChI is InChI=1S/C13H20N2/c1-11(12-6-3-2-4-7-12)15-10-13-8-5-9-14-13/h5,8-12,14H,2-4,6-7H2,1H3/t11-/m0/s1. The van der Waals surface area contributed by atoms with Crippen LogP contribution in [0.25, 0.3) is 0 Å². The number of hydrogen-bond acceptors (Lipinski definition) is 1. The Kier molecular flexibility index (Phi) is 3.59. The largest absolute Gasteiger partial charge is 0.360 e. The van der Waals surface area contributed by atoms with Crippen LogP contribution in [0, 0.1) is 5.92 Å². The van der Waals surface area contributed by atoms with Crippen molar-refractivity contribution in [2.75, 3.05) is 0 Å². The predicted octanol–water partition coefficient (Wildman–Crippen LogP) is 3.40. The molecule has 0 unspecified atom stereocenters. The van der Waals surface area contributed by atoms with E-state index in [1.165, 1.54) is 32.1 Å². The summed E-state index contributed by atoms with van der Waals surface area (Å²) in [5.41, 5.74) is 1.11. The summed E-state index contributed by atoms with van der Waals surface area (Å²) >= 11 is 0. The van der Waals surface area contributed by atoms with Crippen LogP contribution in [0.3, 0.4) is 0 Å². The minimum absolute atomic E-state index is 0.480. The number of aromatic amines is 1. The molecular weight excluding hydrogens is 184 g/mol. The topological polar surface area (TPSA) is 28.1 Å². The summed E-state index contributed by atoms with van der Waals surface area (Å²) in [4.78, 5) is 7.78. The van der Waals surface area contributed by atoms with Crippen molar-refractivity contribution < 1.29 is 0 Å². The molecule has 82 valence electrons. The summed E-state index contributed by atoms with van der Waals surface area (Å²) < 4.78 is 0. The molecule has 15 heavy (non-hydrogen) atoms. The lowest BCUT2D eigenvalue weighted by Crippen LogP contribution is -2.18. The van der Waals surface area contributed by atoms with Crippen LogP contribution in [-0.4, -0.2) is 17.2 Å². The Labute approximate surface area is 91.8 Å². The van der Waals surface area contributed by atoms with Crippen LogP contribution in [0.5, 0.6) is 0 Å². The monoisotopic (exact) mass is 204 g/mol. The molecule has 1 aliphatic rings. The van der Waals surface area contributed by atoms with Crippen molar-refractivity contribution in [2.24, 2.45) is 10.9 Å². The zero-order chi connectivity index (χ0) is 10.5. The molecular formula is C13H20N2. The van der Waals surface area contributed by atoms with Gasteiger partial charge in [-0.2, -0.15) is 0 Å². The van der Waals surface area contributed by atoms with E-state index in [1.807, 2.05) is 18.5 Å². The van der Waals surface area contributed by atoms with Crippen LogP contribution >= 0.6 is 0 Å². The second-order valence-electron chi connectivity index (χ2n) is 4.54. The quantitative estimate of drug-likeness (QED) is 0.731. The fraction of sp³-hybridized carbons (Fsp3) is 0.615. The Hall–Kier alpha value is -1.05. The highest BCUT2D eigenvalue weighted by Crippen LogP contribution is 2.27. The number of H-pyrrole nitrogens is 1. The number of nitrogens with zero attached hydrogens (tertiary/aromatic N) is 1. The maximum atomic E-state index is 4.63. The Morgan fingerprint density at radius 2 is 2.20 bits per heavy atom. The van der Waals surface area contributed by atoms with Gasteiger partial charge in [0.15, 0.2) is 0 Å². The summed E-state index contributed by atoms with van der Waals surface area (Å²) in [5.74, 6) is 0.810. The van der Waals surface area contributed by atoms with E-state index in [9.17, 15) is 0 Å². The van der Waals surface area contributed by atoms with E-state index < -0.39 is 0 Å². The lowest BCUT2D eigenvalue weighted by molar-refractivity contribution is 0.318. The highest BCUT2D eigenvalue weighted by atomic mass is 14.8. The highest BCUT2D eigenvalue weighted by molar-refractivity contribution is 5.77. The molecule has 1 fully saturated rings. The smallest absolute Gasteiger partial charge is 0.0561 e. The second kappa shape index (κ2) is 5.15. The zero-order valence-electron chi connectivity index (χ0n) is 9.45. The third-order valence-corrected chi connectivity index (χ3v) is 3.40. The molecule has 0 spiro atoms. The third-order valence-electron chi connectivity index (χ3n) is 3.40. The van der Waals surface area contributed by atoms with Crippen molar-refractivity contribution in [1.29, 1.82) is 0 Å². The van der Waals surface area contributed by atoms with Gasteiger partial charge in [-0.25, -0.2) is 0 Å². The van der Waals surface area contributed by atoms with E-state index in [-0.39, 0.29) is 0 Å². The molecule has 0 aromatic carbocycles. The second-order valence-corrected chi connectivity index (χ2v) is 4.54. The summed E-state index contributed by atoms with van der Waals surface area (Å²) in [7, 11) is 0. The van der Waals surface area contributed by atoms with Crippen LogP contribution in [-0.2, 0) is 0 Å². The highest BCUT2D eigenvalue weighted by Gasteiger charge is 2.18. The summed E-state index contributed by atoms with van der Waals surface area (Å²) in [6, 6.07) is 4.54. The summed E-state index contributed by atoms with van der Waals surface area (Å²) in [6.45, 7) is 2.25. The Morgan fingerprint density at radius 1 is 1.40 bits per heavy atom. The first-order chi connectivity index (χ1) is 7.36. The lowest BCUT2D eigenvalue weighted by Gasteiger charge is -2.24. The number of aliphatic imine (C=N–C) groups is 1. The molecule has 0 amide bonds. The van der Waals surface area contributed by atoms with E-state index in [0.717, 1.165) is 11.6 Å². The van der Waals surface area contributed by atoms with Crippen LogP contribution in [0.4, 0.5) is 0 Å². The van der Waals surface area contributed by atoms with E-state index in [1.54, 1.807) is 0 Å². The third kappa shape index (κ3) is 2.95. The van der Waals surface area contributed by atoms with Gasteiger partial charge in [-0.3, -0.25) is 4.99 Å². The SMILES string of the molecule is C[C@H](N=Cc1ccc[nH]1)C1CCCCC1. The average Bonchev–Trinajstić information content (AvgIpc) is 2.80. The van der Waals surface area contributed by atoms with Gasteiger partial charge in [0, 0.05) is 12.4 Å². The molecule has 2 heteroatoms. The lowest BCUT2D eigenvalue weighted by atomic mass is 9.85. The number of hydrogen-bond donors (Lipinski definition) is 1. The Morgan fingerprint density at radius 3 is 2.87 bits per heavy atom. The maximum Gasteiger partial charge on any atom is 0.0561 e. The van der Waals surface area contributed by atoms with Gasteiger partial charge in [0.25, 0.3) is 0 Å². The molecule has 2 rings (SSSR count). The molecule has 1 aromatic rings. The van der Waals surface area contributed by atoms with E-state index in [4.69, 9.17) is 0 Å². The first-order valence-electron chi connectivity index (χ1n) is 6.03. The molecule has 2 nitrogen and oxygen atoms in total. The number of rotatable bonds is 3. The molecule has 0 radical (unpaired) electrons. The van der Waals surface area contributed by atoms with Crippen LogP contribution < -0.4 is 0 Å². The fourth-order valence-electron chi connectivity index (χ4n) is 2.36. The molecule has 1 aromatic heterocycles. The van der Waals surface area contributed by atoms with E-state index >= 15 is 0 Å². The van der Waals surface area contributed by atoms with Crippen LogP contribution in [0.1, 0.15) is 44.7 Å². The van der Waals surface area contributed by atoms with Gasteiger partial charge >= 0.3 is 0 Å². The summed E-state index contributed by atoms with van der Waals surface area (Å²) in [5, 5.41) is 0. The average molecular weight is 204 g/mol. The van der Waals surface area contributed by atoms with Gasteiger partial charge < -0.3 is 4.98 Å². The maximum absolute atomic E-state index is 4.63. The minimum atomic E-state index is 0.480. The van der Waals surface area contributed by atoms with Gasteiger partial charge in [0.1, 0.15) is 0 Å². The molecule has 0 saturated heterocycles. The molecule has 1 saturated carbocycles. The van der Waals surface area contributed by atoms with Crippen LogP contribution in [0.2, 0.25) is 0 Å². The minimum Gasteiger partial charge on any atom is -0.360 e. The number of nitrogens with one attached hydrogen (secondary N) is 1. The van der Waals surface area contributed by atoms with Gasteiger partial charge in [-0.15, -0.1) is 0 Å². The van der Waals surface area contributed by atoms with E-state index in [0.29, 0.717) is 6.04 Å². The van der Waals surface area contributed by atoms with Gasteiger partial charge in [0.2, 0.25) is 0 Å². The Balaban J connectivity index is 1.87. The first kappa shape index (κ1) is 10.5. The van der Waals surface area contributed by atoms with Crippen molar-refractivity contribution in [3.63, 3.8) is 0 Å². The fourth-order valence-corrected chi connectivity index (χ4v) is 2.36. The van der Waals surface area contributed by atoms with Gasteiger partial charge in [0.05, 0.1) is 11.7 Å². The Bertz CT molecular complexity index is 294. The van der Waals surface area contributed by atoms with Gasteiger partial charge in [-0.1, -0.05) is 19.3 Å². The zero-order valence-corrected chi connectivity index (χ0v) is 9.45. The van der Waals surface area contributed by atoms with Crippen molar-refractivity contribution in [1.82, 2.24) is 4.98 Å². The first-order valence-corrected chi connectivity index (χ1v) is 6.03. The van der Waals surface area contributed by atoms with Crippen molar-refractivity contribution in [2.45, 2.75) is 45.1 Å². The van der Waals surface area contributed by atoms with E-state index in [2.05, 4.69) is 23.0 Å². The molecule has 1 heterocycles. The molecule has 0 aliphatic heterocycles.